The standard InChI is InChI=1S/C20H18N2O4S/c1-12-3-6-14(7-4-12)10-17-19(25)22(20(26)27-17)11-18(24)21-15-9-13(2)5-8-16(15)23/h3-10,23H,11H2,1-2H3,(H,21,24)/b17-10-. The molecule has 0 unspecified atom stereocenters. The molecule has 1 fully saturated rings. The van der Waals surface area contributed by atoms with Crippen LogP contribution >= 0.6 is 11.8 Å². The van der Waals surface area contributed by atoms with Crippen molar-refractivity contribution in [3.05, 3.63) is 64.1 Å². The zero-order valence-corrected chi connectivity index (χ0v) is 15.7. The predicted molar refractivity (Wildman–Crippen MR) is 105 cm³/mol. The molecule has 3 amide bonds. The van der Waals surface area contributed by atoms with Gasteiger partial charge in [-0.2, -0.15) is 0 Å². The van der Waals surface area contributed by atoms with Gasteiger partial charge >= 0.3 is 0 Å². The molecule has 2 aromatic carbocycles. The van der Waals surface area contributed by atoms with Gasteiger partial charge in [0.05, 0.1) is 10.6 Å². The third kappa shape index (κ3) is 4.38. The molecule has 1 heterocycles. The smallest absolute Gasteiger partial charge is 0.294 e. The quantitative estimate of drug-likeness (QED) is 0.622. The van der Waals surface area contributed by atoms with Crippen molar-refractivity contribution in [2.45, 2.75) is 13.8 Å². The van der Waals surface area contributed by atoms with Crippen molar-refractivity contribution in [3.8, 4) is 5.75 Å². The Labute approximate surface area is 160 Å². The van der Waals surface area contributed by atoms with Crippen LogP contribution in [0.15, 0.2) is 47.4 Å². The zero-order valence-electron chi connectivity index (χ0n) is 14.9. The lowest BCUT2D eigenvalue weighted by Crippen LogP contribution is -2.36. The van der Waals surface area contributed by atoms with Gasteiger partial charge in [0.25, 0.3) is 11.1 Å². The predicted octanol–water partition coefficient (Wildman–Crippen LogP) is 3.68. The molecule has 138 valence electrons. The monoisotopic (exact) mass is 382 g/mol. The molecule has 0 atom stereocenters. The number of nitrogens with one attached hydrogen (secondary N) is 1. The van der Waals surface area contributed by atoms with E-state index in [2.05, 4.69) is 5.32 Å². The number of imide groups is 1. The first-order valence-electron chi connectivity index (χ1n) is 8.25. The summed E-state index contributed by atoms with van der Waals surface area (Å²) in [6, 6.07) is 12.3. The van der Waals surface area contributed by atoms with E-state index in [1.54, 1.807) is 18.2 Å². The number of thioether (sulfide) groups is 1. The molecule has 7 heteroatoms. The lowest BCUT2D eigenvalue weighted by molar-refractivity contribution is -0.127. The number of phenols is 1. The number of anilines is 1. The van der Waals surface area contributed by atoms with E-state index in [0.717, 1.165) is 33.4 Å². The Morgan fingerprint density at radius 3 is 2.48 bits per heavy atom. The van der Waals surface area contributed by atoms with Gasteiger partial charge in [-0.15, -0.1) is 0 Å². The zero-order chi connectivity index (χ0) is 19.6. The number of amides is 3. The Balaban J connectivity index is 1.71. The summed E-state index contributed by atoms with van der Waals surface area (Å²) in [6.07, 6.45) is 1.63. The summed E-state index contributed by atoms with van der Waals surface area (Å²) in [5.41, 5.74) is 2.99. The number of nitrogens with zero attached hydrogens (tertiary/aromatic N) is 1. The van der Waals surface area contributed by atoms with Gasteiger partial charge in [-0.1, -0.05) is 35.9 Å². The summed E-state index contributed by atoms with van der Waals surface area (Å²) in [6.45, 7) is 3.37. The van der Waals surface area contributed by atoms with Crippen molar-refractivity contribution in [2.24, 2.45) is 0 Å². The molecule has 27 heavy (non-hydrogen) atoms. The Morgan fingerprint density at radius 2 is 1.78 bits per heavy atom. The molecular formula is C20H18N2O4S. The first kappa shape index (κ1) is 18.7. The second kappa shape index (κ2) is 7.67. The number of carbonyl (C=O) groups excluding carboxylic acids is 3. The van der Waals surface area contributed by atoms with Crippen LogP contribution in [-0.2, 0) is 9.59 Å². The number of rotatable bonds is 4. The lowest BCUT2D eigenvalue weighted by atomic mass is 10.1. The van der Waals surface area contributed by atoms with Crippen LogP contribution in [0, 0.1) is 13.8 Å². The van der Waals surface area contributed by atoms with E-state index >= 15 is 0 Å². The lowest BCUT2D eigenvalue weighted by Gasteiger charge is -2.13. The normalized spacial score (nSPS) is 15.5. The van der Waals surface area contributed by atoms with E-state index in [4.69, 9.17) is 0 Å². The molecular weight excluding hydrogens is 364 g/mol. The minimum Gasteiger partial charge on any atom is -0.506 e. The number of aromatic hydroxyl groups is 1. The number of benzene rings is 2. The Bertz CT molecular complexity index is 951. The Morgan fingerprint density at radius 1 is 1.11 bits per heavy atom. The van der Waals surface area contributed by atoms with Gasteiger partial charge in [0.15, 0.2) is 0 Å². The molecule has 1 aliphatic rings. The van der Waals surface area contributed by atoms with Crippen molar-refractivity contribution < 1.29 is 19.5 Å². The van der Waals surface area contributed by atoms with Gasteiger partial charge < -0.3 is 10.4 Å². The Hall–Kier alpha value is -3.06. The third-order valence-electron chi connectivity index (χ3n) is 3.98. The maximum atomic E-state index is 12.5. The van der Waals surface area contributed by atoms with Crippen molar-refractivity contribution >= 4 is 40.6 Å². The molecule has 6 nitrogen and oxygen atoms in total. The SMILES string of the molecule is Cc1ccc(/C=C2\SC(=O)N(CC(=O)Nc3cc(C)ccc3O)C2=O)cc1. The van der Waals surface area contributed by atoms with Crippen molar-refractivity contribution in [1.82, 2.24) is 4.90 Å². The molecule has 2 N–H and O–H groups in total. The van der Waals surface area contributed by atoms with Crippen LogP contribution in [0.1, 0.15) is 16.7 Å². The number of carbonyl (C=O) groups is 3. The molecule has 1 aliphatic heterocycles. The van der Waals surface area contributed by atoms with Crippen LogP contribution in [0.4, 0.5) is 10.5 Å². The van der Waals surface area contributed by atoms with E-state index in [0.29, 0.717) is 0 Å². The van der Waals surface area contributed by atoms with Gasteiger partial charge in [-0.3, -0.25) is 19.3 Å². The van der Waals surface area contributed by atoms with Crippen LogP contribution in [0.5, 0.6) is 5.75 Å². The molecule has 0 aliphatic carbocycles. The molecule has 0 spiro atoms. The fraction of sp³-hybridized carbons (Fsp3) is 0.150. The van der Waals surface area contributed by atoms with E-state index in [1.807, 2.05) is 38.1 Å². The van der Waals surface area contributed by atoms with Gasteiger partial charge in [-0.05, 0) is 54.9 Å². The van der Waals surface area contributed by atoms with E-state index < -0.39 is 23.6 Å². The summed E-state index contributed by atoms with van der Waals surface area (Å²) in [7, 11) is 0. The summed E-state index contributed by atoms with van der Waals surface area (Å²) < 4.78 is 0. The molecule has 1 saturated heterocycles. The number of aryl methyl sites for hydroxylation is 2. The highest BCUT2D eigenvalue weighted by Gasteiger charge is 2.36. The molecule has 2 aromatic rings. The highest BCUT2D eigenvalue weighted by atomic mass is 32.2. The minimum absolute atomic E-state index is 0.0812. The summed E-state index contributed by atoms with van der Waals surface area (Å²) in [5.74, 6) is -1.15. The van der Waals surface area contributed by atoms with Crippen LogP contribution in [0.2, 0.25) is 0 Å². The first-order chi connectivity index (χ1) is 12.8. The van der Waals surface area contributed by atoms with Crippen molar-refractivity contribution in [2.75, 3.05) is 11.9 Å². The molecule has 3 rings (SSSR count). The van der Waals surface area contributed by atoms with Crippen LogP contribution < -0.4 is 5.32 Å². The highest BCUT2D eigenvalue weighted by Crippen LogP contribution is 2.32. The van der Waals surface area contributed by atoms with Crippen LogP contribution in [0.3, 0.4) is 0 Å². The van der Waals surface area contributed by atoms with E-state index in [9.17, 15) is 19.5 Å². The highest BCUT2D eigenvalue weighted by molar-refractivity contribution is 8.18. The molecule has 0 bridgehead atoms. The van der Waals surface area contributed by atoms with E-state index in [1.165, 1.54) is 6.07 Å². The second-order valence-electron chi connectivity index (χ2n) is 6.25. The topological polar surface area (TPSA) is 86.7 Å². The first-order valence-corrected chi connectivity index (χ1v) is 9.06. The van der Waals surface area contributed by atoms with Gasteiger partial charge in [0.2, 0.25) is 5.91 Å². The summed E-state index contributed by atoms with van der Waals surface area (Å²) in [4.78, 5) is 38.0. The molecule has 0 radical (unpaired) electrons. The molecule has 0 aromatic heterocycles. The maximum Gasteiger partial charge on any atom is 0.294 e. The number of hydrogen-bond donors (Lipinski definition) is 2. The largest absolute Gasteiger partial charge is 0.506 e. The van der Waals surface area contributed by atoms with Gasteiger partial charge in [0, 0.05) is 0 Å². The number of hydrogen-bond acceptors (Lipinski definition) is 5. The average molecular weight is 382 g/mol. The van der Waals surface area contributed by atoms with Crippen LogP contribution in [0.25, 0.3) is 6.08 Å². The summed E-state index contributed by atoms with van der Waals surface area (Å²) >= 11 is 0.804. The van der Waals surface area contributed by atoms with Gasteiger partial charge in [0.1, 0.15) is 12.3 Å². The van der Waals surface area contributed by atoms with Gasteiger partial charge in [-0.25, -0.2) is 0 Å². The van der Waals surface area contributed by atoms with Crippen molar-refractivity contribution in [3.63, 3.8) is 0 Å². The average Bonchev–Trinajstić information content (AvgIpc) is 2.87. The number of phenolic OH excluding ortho intramolecular Hbond substituents is 1. The fourth-order valence-electron chi connectivity index (χ4n) is 2.53. The Kier molecular flexibility index (Phi) is 5.32. The molecule has 0 saturated carbocycles. The minimum atomic E-state index is -0.560. The third-order valence-corrected chi connectivity index (χ3v) is 4.88. The maximum absolute atomic E-state index is 12.5. The summed E-state index contributed by atoms with van der Waals surface area (Å²) in [5, 5.41) is 11.8. The second-order valence-corrected chi connectivity index (χ2v) is 7.24. The van der Waals surface area contributed by atoms with Crippen LogP contribution in [-0.4, -0.2) is 33.6 Å². The van der Waals surface area contributed by atoms with E-state index in [-0.39, 0.29) is 16.3 Å². The fourth-order valence-corrected chi connectivity index (χ4v) is 3.37. The van der Waals surface area contributed by atoms with Crippen molar-refractivity contribution in [1.29, 1.82) is 0 Å².